The fraction of sp³-hybridized carbons (Fsp3) is 0.947. The van der Waals surface area contributed by atoms with Crippen molar-refractivity contribution >= 4 is 74.3 Å². The van der Waals surface area contributed by atoms with Gasteiger partial charge < -0.3 is 134 Å². The summed E-state index contributed by atoms with van der Waals surface area (Å²) in [7, 11) is -31.8. The molecule has 0 aromatic rings. The van der Waals surface area contributed by atoms with Crippen LogP contribution in [0.25, 0.3) is 0 Å². The molecule has 7 aliphatic heterocycles. The summed E-state index contributed by atoms with van der Waals surface area (Å²) < 4.78 is 327. The molecular weight excluding hydrogens is 1570 g/mol. The van der Waals surface area contributed by atoms with Crippen molar-refractivity contribution in [1.29, 1.82) is 0 Å². The summed E-state index contributed by atoms with van der Waals surface area (Å²) in [6.45, 7) is -4.82. The van der Waals surface area contributed by atoms with Crippen molar-refractivity contribution in [2.75, 3.05) is 62.0 Å². The first-order valence-electron chi connectivity index (χ1n) is 24.9. The number of hydrogen-bond donors (Lipinski definition) is 3. The minimum atomic E-state index is -6.48. The molecule has 7 heterocycles. The van der Waals surface area contributed by atoms with E-state index >= 15 is 0 Å². The summed E-state index contributed by atoms with van der Waals surface area (Å²) in [6, 6.07) is -1.93. The van der Waals surface area contributed by atoms with E-state index in [4.69, 9.17) is 76.8 Å². The van der Waals surface area contributed by atoms with Crippen LogP contribution in [0.4, 0.5) is 0 Å². The molecule has 0 aromatic carbocycles. The van der Waals surface area contributed by atoms with E-state index in [9.17, 15) is 108 Å². The summed E-state index contributed by atoms with van der Waals surface area (Å²) in [6.07, 6.45) is -53.5. The topological polar surface area (TPSA) is 684 Å². The van der Waals surface area contributed by atoms with Gasteiger partial charge >= 0.3 is 236 Å². The van der Waals surface area contributed by atoms with E-state index in [1.165, 1.54) is 0 Å². The van der Waals surface area contributed by atoms with Crippen LogP contribution in [-0.2, 0) is 168 Å². The Labute approximate surface area is 737 Å². The third-order valence-corrected chi connectivity index (χ3v) is 16.9. The third kappa shape index (κ3) is 27.9. The molecule has 1 unspecified atom stereocenters. The van der Waals surface area contributed by atoms with Gasteiger partial charge in [0.25, 0.3) is 0 Å². The van der Waals surface area contributed by atoms with Gasteiger partial charge in [-0.3, -0.25) is 25.1 Å². The maximum atomic E-state index is 13.5. The van der Waals surface area contributed by atoms with Gasteiger partial charge in [-0.05, 0) is 6.42 Å². The van der Waals surface area contributed by atoms with Crippen molar-refractivity contribution in [3.8, 4) is 0 Å². The Balaban J connectivity index is -0.0000113. The van der Waals surface area contributed by atoms with Gasteiger partial charge in [-0.25, -0.2) is 50.5 Å². The number of aliphatic hydroxyl groups excluding tert-OH is 2. The molecule has 7 saturated heterocycles. The molecular formula is C38H55NNa8O45S6. The van der Waals surface area contributed by atoms with E-state index in [1.54, 1.807) is 0 Å². The number of carbonyl (C=O) groups is 2. The Bertz CT molecular complexity index is 3220. The summed E-state index contributed by atoms with van der Waals surface area (Å²) >= 11 is 0. The summed E-state index contributed by atoms with van der Waals surface area (Å²) in [4.78, 5) is 26.9. The summed E-state index contributed by atoms with van der Waals surface area (Å²) in [5.41, 5.74) is -0.459. The van der Waals surface area contributed by atoms with Gasteiger partial charge in [0.15, 0.2) is 49.3 Å². The second-order valence-corrected chi connectivity index (χ2v) is 25.7. The fourth-order valence-corrected chi connectivity index (χ4v) is 12.8. The molecule has 25 atom stereocenters. The van der Waals surface area contributed by atoms with Crippen molar-refractivity contribution in [3.63, 3.8) is 0 Å². The predicted molar refractivity (Wildman–Crippen MR) is 252 cm³/mol. The molecule has 46 nitrogen and oxygen atoms in total. The molecule has 7 fully saturated rings. The number of ether oxygens (including phenoxy) is 15. The number of methoxy groups -OCH3 is 5. The van der Waals surface area contributed by atoms with Crippen LogP contribution in [0, 0.1) is 0 Å². The summed E-state index contributed by atoms with van der Waals surface area (Å²) in [5.74, 6) is -4.78. The SMILES string of the molecule is CC[C@]1(C(=O)[O-])O[C@@H](O[C@H]2[C@H](OS(=O)(=O)[O-])[C@@H](OS(=O)(=O)[O-])[C@@H](O[C@H]3[C@H](OC)[C@H]4OC[C@]3(C(=O)[O-])OC4O[C@H]3[C@H](OC)[C@@H](OS(=O)(=O)[O-])[C@@H](OC)O[C@@H]3COS(=O)(=O)[O-])O[C@@H]2COS(=O)(=O)[O-])[C@H](OC)[C@@H](OC)[C@@H]1O[C@@H]1O[C@H](COS(=O)(=O)[O-])[C@@H](O)[C@H](O)[C@H]1N.[Na+].[Na+].[Na+].[Na+].[Na+].[Na+].[Na+].[Na+]. The molecule has 98 heavy (non-hydrogen) atoms. The van der Waals surface area contributed by atoms with Crippen LogP contribution in [0.1, 0.15) is 13.3 Å². The molecule has 526 valence electrons. The van der Waals surface area contributed by atoms with E-state index in [-0.39, 0.29) is 236 Å². The first-order chi connectivity index (χ1) is 41.4. The first-order valence-corrected chi connectivity index (χ1v) is 32.9. The number of carbonyl (C=O) groups excluding carboxylic acids is 2. The molecule has 7 rings (SSSR count). The van der Waals surface area contributed by atoms with Gasteiger partial charge in [-0.15, -0.1) is 0 Å². The van der Waals surface area contributed by atoms with E-state index in [0.29, 0.717) is 0 Å². The van der Waals surface area contributed by atoms with Gasteiger partial charge in [0.05, 0.1) is 44.4 Å². The zero-order chi connectivity index (χ0) is 67.8. The fourth-order valence-electron chi connectivity index (χ4n) is 10.4. The average molecular weight is 1620 g/mol. The van der Waals surface area contributed by atoms with Gasteiger partial charge in [0, 0.05) is 35.5 Å². The van der Waals surface area contributed by atoms with Gasteiger partial charge in [0.1, 0.15) is 97.2 Å². The molecule has 0 aliphatic carbocycles. The number of nitrogens with two attached hydrogens (primary N) is 1. The molecule has 4 N–H and O–H groups in total. The second kappa shape index (κ2) is 44.2. The van der Waals surface area contributed by atoms with Crippen LogP contribution < -0.4 is 252 Å². The molecule has 2 bridgehead atoms. The second-order valence-electron chi connectivity index (χ2n) is 19.5. The minimum Gasteiger partial charge on any atom is -0.726 e. The van der Waals surface area contributed by atoms with Gasteiger partial charge in [-0.2, -0.15) is 0 Å². The van der Waals surface area contributed by atoms with E-state index < -0.39 is 260 Å². The molecule has 7 aliphatic rings. The van der Waals surface area contributed by atoms with Crippen molar-refractivity contribution in [3.05, 3.63) is 0 Å². The van der Waals surface area contributed by atoms with Crippen LogP contribution in [0.15, 0.2) is 0 Å². The van der Waals surface area contributed by atoms with Gasteiger partial charge in [-0.1, -0.05) is 6.92 Å². The monoisotopic (exact) mass is 1620 g/mol. The zero-order valence-corrected chi connectivity index (χ0v) is 75.2. The molecule has 0 aromatic heterocycles. The van der Waals surface area contributed by atoms with Gasteiger partial charge in [0.2, 0.25) is 62.4 Å². The Morgan fingerprint density at radius 2 is 0.837 bits per heavy atom. The Morgan fingerprint density at radius 3 is 1.24 bits per heavy atom. The maximum absolute atomic E-state index is 13.5. The number of aliphatic hydroxyl groups is 2. The summed E-state index contributed by atoms with van der Waals surface area (Å²) in [5, 5.41) is 48.3. The maximum Gasteiger partial charge on any atom is 1.00 e. The number of rotatable bonds is 31. The van der Waals surface area contributed by atoms with Crippen LogP contribution >= 0.6 is 0 Å². The zero-order valence-electron chi connectivity index (χ0n) is 54.3. The molecule has 0 spiro atoms. The largest absolute Gasteiger partial charge is 1.00 e. The van der Waals surface area contributed by atoms with E-state index in [0.717, 1.165) is 42.5 Å². The predicted octanol–water partition coefficient (Wildman–Crippen LogP) is -37.0. The smallest absolute Gasteiger partial charge is 0.726 e. The number of aliphatic carboxylic acids is 2. The average Bonchev–Trinajstić information content (AvgIpc) is 0.728. The van der Waals surface area contributed by atoms with Crippen molar-refractivity contribution < 1.29 is 440 Å². The Hall–Kier alpha value is 5.44. The number of carboxylic acid groups (broad SMARTS) is 2. The van der Waals surface area contributed by atoms with Crippen molar-refractivity contribution in [1.82, 2.24) is 0 Å². The minimum absolute atomic E-state index is 0. The van der Waals surface area contributed by atoms with Crippen LogP contribution in [-0.4, -0.2) is 314 Å². The van der Waals surface area contributed by atoms with Crippen LogP contribution in [0.2, 0.25) is 0 Å². The Kier molecular flexibility index (Phi) is 48.5. The number of fused-ring (bicyclic) bond motifs is 3. The van der Waals surface area contributed by atoms with Crippen LogP contribution in [0.5, 0.6) is 0 Å². The Morgan fingerprint density at radius 1 is 0.439 bits per heavy atom. The van der Waals surface area contributed by atoms with Crippen molar-refractivity contribution in [2.24, 2.45) is 5.73 Å². The first kappa shape index (κ1) is 108. The quantitative estimate of drug-likeness (QED) is 0.0330. The number of hydrogen-bond acceptors (Lipinski definition) is 46. The van der Waals surface area contributed by atoms with E-state index in [1.807, 2.05) is 0 Å². The molecule has 0 saturated carbocycles. The normalized spacial score (nSPS) is 37.4. The molecule has 0 amide bonds. The third-order valence-electron chi connectivity index (χ3n) is 14.3. The van der Waals surface area contributed by atoms with Crippen molar-refractivity contribution in [2.45, 2.75) is 166 Å². The number of carboxylic acids is 2. The van der Waals surface area contributed by atoms with E-state index in [2.05, 4.69) is 25.1 Å². The standard InChI is InChI=1S/C38H63NO45S6.8Na/c1-7-37(35(42)43)28(78-30-15(39)17(41)16(40)12(73-30)8-70-85(46,47)48)22(65-3)24(67-5)33(80-37)77-19-14(10-72-87(52,53)54)75-32(27(84-90(61,62)63)21(19)82-88(55,56)57)79-29-23(66-4)25-34(81-38(29,11-69-25)36(44)45)76-18-13(9-71-86(49,50)51)74-31(68-6)26(20(18)64-2)83-89(58,59)60;;;;;;;;/h12-34,40-41H,7-11,39H2,1-6H3,(H,42,43)(H,44,45)(H,46,47,48)(H,49,50,51)(H,52,53,54)(H,55,56,57)(H,58,59,60)(H,61,62,63);;;;;;;;/q;8*+1/p-8/t12-,13-,14-,15-,16-,17-,18-,19-,20+,21+,22-,23-,24-,25-,26-,27-,28+,29+,30+,31+,32-,33-,34?,37+,38+;;;;;;;;/m1......../s1. The molecule has 0 radical (unpaired) electrons. The van der Waals surface area contributed by atoms with Crippen LogP contribution in [0.3, 0.4) is 0 Å². The molecule has 60 heteroatoms.